The van der Waals surface area contributed by atoms with Crippen LogP contribution in [0.4, 0.5) is 5.13 Å². The van der Waals surface area contributed by atoms with E-state index in [1.54, 1.807) is 30.5 Å². The van der Waals surface area contributed by atoms with Crippen LogP contribution in [0.5, 0.6) is 5.75 Å². The number of nitrogens with one attached hydrogen (secondary N) is 2. The van der Waals surface area contributed by atoms with E-state index in [9.17, 15) is 14.4 Å². The Hall–Kier alpha value is -3.17. The molecule has 2 heterocycles. The van der Waals surface area contributed by atoms with E-state index in [4.69, 9.17) is 21.1 Å². The van der Waals surface area contributed by atoms with Gasteiger partial charge in [-0.25, -0.2) is 4.98 Å². The maximum Gasteiger partial charge on any atom is 0.311 e. The lowest BCUT2D eigenvalue weighted by Gasteiger charge is -2.08. The van der Waals surface area contributed by atoms with Gasteiger partial charge in [0, 0.05) is 28.2 Å². The van der Waals surface area contributed by atoms with Crippen molar-refractivity contribution < 1.29 is 19.1 Å². The summed E-state index contributed by atoms with van der Waals surface area (Å²) in [5.41, 5.74) is 0.827. The summed E-state index contributed by atoms with van der Waals surface area (Å²) in [6.45, 7) is 2.13. The Kier molecular flexibility index (Phi) is 7.21. The average Bonchev–Trinajstić information content (AvgIpc) is 3.14. The topological polar surface area (TPSA) is 110 Å². The first-order valence-corrected chi connectivity index (χ1v) is 10.2. The Balaban J connectivity index is 1.61. The van der Waals surface area contributed by atoms with Crippen molar-refractivity contribution in [2.45, 2.75) is 20.0 Å². The molecule has 156 valence electrons. The highest BCUT2D eigenvalue weighted by molar-refractivity contribution is 7.14. The number of H-pyrrole nitrogens is 1. The SMILES string of the molecule is CCOC(=O)Cc1csc(NC(=O)c2cc(=O)c(OCc3ccccc3Cl)c[nH]2)n1. The number of aromatic amines is 1. The van der Waals surface area contributed by atoms with Gasteiger partial charge in [-0.3, -0.25) is 19.7 Å². The number of hydrogen-bond acceptors (Lipinski definition) is 7. The number of carbonyl (C=O) groups is 2. The Bertz CT molecular complexity index is 1110. The Labute approximate surface area is 180 Å². The molecule has 0 radical (unpaired) electrons. The highest BCUT2D eigenvalue weighted by Crippen LogP contribution is 2.18. The molecule has 2 aromatic heterocycles. The molecule has 0 aliphatic heterocycles. The molecule has 2 N–H and O–H groups in total. The van der Waals surface area contributed by atoms with E-state index in [2.05, 4.69) is 15.3 Å². The Morgan fingerprint density at radius 3 is 2.83 bits per heavy atom. The Morgan fingerprint density at radius 1 is 1.30 bits per heavy atom. The Morgan fingerprint density at radius 2 is 2.10 bits per heavy atom. The number of carbonyl (C=O) groups excluding carboxylic acids is 2. The van der Waals surface area contributed by atoms with Gasteiger partial charge in [-0.05, 0) is 13.0 Å². The van der Waals surface area contributed by atoms with E-state index in [-0.39, 0.29) is 31.1 Å². The summed E-state index contributed by atoms with van der Waals surface area (Å²) in [5, 5.41) is 5.08. The number of pyridine rings is 1. The second-order valence-corrected chi connectivity index (χ2v) is 7.30. The summed E-state index contributed by atoms with van der Waals surface area (Å²) in [7, 11) is 0. The second kappa shape index (κ2) is 10.0. The van der Waals surface area contributed by atoms with Crippen LogP contribution in [0.3, 0.4) is 0 Å². The summed E-state index contributed by atoms with van der Waals surface area (Å²) in [6, 6.07) is 8.29. The van der Waals surface area contributed by atoms with E-state index >= 15 is 0 Å². The fraction of sp³-hybridized carbons (Fsp3) is 0.200. The first kappa shape index (κ1) is 21.5. The van der Waals surface area contributed by atoms with E-state index < -0.39 is 17.3 Å². The van der Waals surface area contributed by atoms with E-state index in [1.165, 1.54) is 17.5 Å². The molecule has 3 rings (SSSR count). The lowest BCUT2D eigenvalue weighted by Crippen LogP contribution is -2.18. The van der Waals surface area contributed by atoms with Crippen LogP contribution in [0.25, 0.3) is 0 Å². The van der Waals surface area contributed by atoms with Gasteiger partial charge in [-0.2, -0.15) is 0 Å². The monoisotopic (exact) mass is 447 g/mol. The third-order valence-electron chi connectivity index (χ3n) is 3.87. The summed E-state index contributed by atoms with van der Waals surface area (Å²) in [6.07, 6.45) is 1.34. The molecule has 0 fully saturated rings. The molecule has 8 nitrogen and oxygen atoms in total. The van der Waals surface area contributed by atoms with Gasteiger partial charge >= 0.3 is 5.97 Å². The van der Waals surface area contributed by atoms with Gasteiger partial charge in [-0.1, -0.05) is 29.8 Å². The minimum Gasteiger partial charge on any atom is -0.483 e. The third-order valence-corrected chi connectivity index (χ3v) is 5.04. The van der Waals surface area contributed by atoms with Gasteiger partial charge in [0.25, 0.3) is 5.91 Å². The zero-order valence-corrected chi connectivity index (χ0v) is 17.5. The average molecular weight is 448 g/mol. The van der Waals surface area contributed by atoms with Gasteiger partial charge in [0.2, 0.25) is 5.43 Å². The molecule has 0 aliphatic carbocycles. The molecule has 1 amide bonds. The van der Waals surface area contributed by atoms with E-state index in [0.29, 0.717) is 15.8 Å². The van der Waals surface area contributed by atoms with Crippen molar-refractivity contribution in [1.82, 2.24) is 9.97 Å². The fourth-order valence-corrected chi connectivity index (χ4v) is 3.34. The second-order valence-electron chi connectivity index (χ2n) is 6.04. The summed E-state index contributed by atoms with van der Waals surface area (Å²) < 4.78 is 10.4. The van der Waals surface area contributed by atoms with Gasteiger partial charge in [0.1, 0.15) is 12.3 Å². The molecule has 0 spiro atoms. The van der Waals surface area contributed by atoms with Crippen LogP contribution in [0.2, 0.25) is 5.02 Å². The lowest BCUT2D eigenvalue weighted by atomic mass is 10.2. The van der Waals surface area contributed by atoms with Gasteiger partial charge < -0.3 is 14.5 Å². The van der Waals surface area contributed by atoms with E-state index in [0.717, 1.165) is 11.6 Å². The van der Waals surface area contributed by atoms with Crippen molar-refractivity contribution in [1.29, 1.82) is 0 Å². The fourth-order valence-electron chi connectivity index (χ4n) is 2.44. The lowest BCUT2D eigenvalue weighted by molar-refractivity contribution is -0.142. The van der Waals surface area contributed by atoms with Crippen LogP contribution in [0, 0.1) is 0 Å². The normalized spacial score (nSPS) is 10.5. The molecule has 10 heteroatoms. The van der Waals surface area contributed by atoms with Crippen LogP contribution in [-0.4, -0.2) is 28.5 Å². The molecule has 0 bridgehead atoms. The first-order valence-electron chi connectivity index (χ1n) is 8.96. The number of ether oxygens (including phenoxy) is 2. The van der Waals surface area contributed by atoms with Crippen LogP contribution in [0.15, 0.2) is 46.7 Å². The molecule has 1 aromatic carbocycles. The van der Waals surface area contributed by atoms with Crippen molar-refractivity contribution in [2.75, 3.05) is 11.9 Å². The third kappa shape index (κ3) is 5.68. The number of amides is 1. The first-order chi connectivity index (χ1) is 14.5. The standard InChI is InChI=1S/C20H18ClN3O5S/c1-2-28-18(26)7-13-11-30-20(23-13)24-19(27)15-8-16(25)17(9-22-15)29-10-12-5-3-4-6-14(12)21/h3-6,8-9,11H,2,7,10H2,1H3,(H,22,25)(H,23,24,27). The number of hydrogen-bond donors (Lipinski definition) is 2. The van der Waals surface area contributed by atoms with Crippen molar-refractivity contribution in [3.05, 3.63) is 74.1 Å². The van der Waals surface area contributed by atoms with Crippen LogP contribution in [0.1, 0.15) is 28.7 Å². The minimum absolute atomic E-state index is 0.0223. The number of thiazole rings is 1. The number of aromatic nitrogens is 2. The molecule has 0 saturated heterocycles. The predicted molar refractivity (Wildman–Crippen MR) is 113 cm³/mol. The van der Waals surface area contributed by atoms with Crippen molar-refractivity contribution >= 4 is 39.9 Å². The minimum atomic E-state index is -0.540. The van der Waals surface area contributed by atoms with E-state index in [1.807, 2.05) is 6.07 Å². The number of anilines is 1. The molecular weight excluding hydrogens is 430 g/mol. The summed E-state index contributed by atoms with van der Waals surface area (Å²) in [5.74, 6) is -0.864. The summed E-state index contributed by atoms with van der Waals surface area (Å²) in [4.78, 5) is 43.0. The molecule has 0 unspecified atom stereocenters. The number of halogens is 1. The van der Waals surface area contributed by atoms with Gasteiger partial charge in [0.15, 0.2) is 10.9 Å². The highest BCUT2D eigenvalue weighted by atomic mass is 35.5. The number of benzene rings is 1. The zero-order chi connectivity index (χ0) is 21.5. The predicted octanol–water partition coefficient (Wildman–Crippen LogP) is 3.42. The molecule has 3 aromatic rings. The van der Waals surface area contributed by atoms with Crippen LogP contribution < -0.4 is 15.5 Å². The largest absolute Gasteiger partial charge is 0.483 e. The molecule has 30 heavy (non-hydrogen) atoms. The van der Waals surface area contributed by atoms with Crippen molar-refractivity contribution in [3.63, 3.8) is 0 Å². The van der Waals surface area contributed by atoms with Gasteiger partial charge in [-0.15, -0.1) is 11.3 Å². The number of rotatable bonds is 8. The van der Waals surface area contributed by atoms with Crippen LogP contribution in [-0.2, 0) is 22.6 Å². The van der Waals surface area contributed by atoms with Crippen LogP contribution >= 0.6 is 22.9 Å². The molecule has 0 atom stereocenters. The van der Waals surface area contributed by atoms with Crippen molar-refractivity contribution in [3.8, 4) is 5.75 Å². The van der Waals surface area contributed by atoms with Gasteiger partial charge in [0.05, 0.1) is 18.7 Å². The molecular formula is C20H18ClN3O5S. The smallest absolute Gasteiger partial charge is 0.311 e. The number of nitrogens with zero attached hydrogens (tertiary/aromatic N) is 1. The highest BCUT2D eigenvalue weighted by Gasteiger charge is 2.14. The number of esters is 1. The maximum absolute atomic E-state index is 12.4. The van der Waals surface area contributed by atoms with Crippen molar-refractivity contribution in [2.24, 2.45) is 0 Å². The zero-order valence-electron chi connectivity index (χ0n) is 15.9. The molecule has 0 saturated carbocycles. The quantitative estimate of drug-likeness (QED) is 0.512. The maximum atomic E-state index is 12.4. The molecule has 0 aliphatic rings. The summed E-state index contributed by atoms with van der Waals surface area (Å²) >= 11 is 7.24.